The van der Waals surface area contributed by atoms with Gasteiger partial charge in [-0.15, -0.1) is 0 Å². The molecule has 7 heteroatoms. The highest BCUT2D eigenvalue weighted by Crippen LogP contribution is 2.31. The maximum atomic E-state index is 13.1. The van der Waals surface area contributed by atoms with Gasteiger partial charge in [-0.2, -0.15) is 4.31 Å². The predicted molar refractivity (Wildman–Crippen MR) is 118 cm³/mol. The van der Waals surface area contributed by atoms with Gasteiger partial charge in [-0.3, -0.25) is 4.79 Å². The summed E-state index contributed by atoms with van der Waals surface area (Å²) in [6, 6.07) is 13.9. The number of nitrogens with zero attached hydrogens (tertiary/aromatic N) is 3. The van der Waals surface area contributed by atoms with Crippen LogP contribution in [0.2, 0.25) is 0 Å². The van der Waals surface area contributed by atoms with Crippen LogP contribution in [0.4, 0.5) is 5.69 Å². The van der Waals surface area contributed by atoms with Gasteiger partial charge < -0.3 is 9.80 Å². The number of para-hydroxylation sites is 1. The molecule has 1 saturated heterocycles. The van der Waals surface area contributed by atoms with Gasteiger partial charge in [0.2, 0.25) is 15.9 Å². The van der Waals surface area contributed by atoms with Gasteiger partial charge in [0.15, 0.2) is 0 Å². The highest BCUT2D eigenvalue weighted by atomic mass is 32.2. The van der Waals surface area contributed by atoms with Crippen molar-refractivity contribution in [3.63, 3.8) is 0 Å². The molecule has 0 spiro atoms. The lowest BCUT2D eigenvalue weighted by atomic mass is 10.1. The Labute approximate surface area is 179 Å². The topological polar surface area (TPSA) is 60.9 Å². The maximum absolute atomic E-state index is 13.1. The molecule has 4 rings (SSSR count). The molecule has 2 aliphatic heterocycles. The Balaban J connectivity index is 1.40. The lowest BCUT2D eigenvalue weighted by Crippen LogP contribution is -2.53. The van der Waals surface area contributed by atoms with Crippen LogP contribution in [0.1, 0.15) is 23.6 Å². The number of rotatable bonds is 4. The van der Waals surface area contributed by atoms with Crippen molar-refractivity contribution in [2.24, 2.45) is 0 Å². The van der Waals surface area contributed by atoms with E-state index in [9.17, 15) is 13.2 Å². The molecule has 160 valence electrons. The number of carbonyl (C=O) groups is 1. The number of sulfonamides is 1. The molecule has 1 amide bonds. The lowest BCUT2D eigenvalue weighted by molar-refractivity contribution is -0.130. The molecule has 2 aromatic carbocycles. The van der Waals surface area contributed by atoms with Crippen LogP contribution in [0, 0.1) is 13.8 Å². The van der Waals surface area contributed by atoms with Crippen LogP contribution < -0.4 is 4.90 Å². The Hall–Kier alpha value is -2.38. The van der Waals surface area contributed by atoms with Gasteiger partial charge >= 0.3 is 0 Å². The standard InChI is InChI=1S/C23H29N3O3S/c1-17-8-9-22(18(2)14-17)30(28,29)25-12-10-24(11-13-25)23(27)16-26-19(3)15-20-6-4-5-7-21(20)26/h4-9,14,19H,10-13,15-16H2,1-3H3/t19-/m0/s1. The predicted octanol–water partition coefficient (Wildman–Crippen LogP) is 2.59. The minimum Gasteiger partial charge on any atom is -0.359 e. The fourth-order valence-corrected chi connectivity index (χ4v) is 6.15. The van der Waals surface area contributed by atoms with Crippen molar-refractivity contribution in [3.05, 3.63) is 59.2 Å². The molecular weight excluding hydrogens is 398 g/mol. The van der Waals surface area contributed by atoms with Gasteiger partial charge in [-0.1, -0.05) is 35.9 Å². The van der Waals surface area contributed by atoms with E-state index < -0.39 is 10.0 Å². The molecule has 0 aliphatic carbocycles. The molecule has 2 aromatic rings. The van der Waals surface area contributed by atoms with Crippen molar-refractivity contribution in [1.29, 1.82) is 0 Å². The van der Waals surface area contributed by atoms with Crippen LogP contribution in [-0.2, 0) is 21.2 Å². The van der Waals surface area contributed by atoms with Crippen molar-refractivity contribution >= 4 is 21.6 Å². The van der Waals surface area contributed by atoms with Gasteiger partial charge in [0.05, 0.1) is 11.4 Å². The average Bonchev–Trinajstić information content (AvgIpc) is 3.03. The fraction of sp³-hybridized carbons (Fsp3) is 0.435. The number of aryl methyl sites for hydroxylation is 2. The first-order valence-corrected chi connectivity index (χ1v) is 11.9. The largest absolute Gasteiger partial charge is 0.359 e. The first-order chi connectivity index (χ1) is 14.3. The van der Waals surface area contributed by atoms with Crippen molar-refractivity contribution < 1.29 is 13.2 Å². The number of carbonyl (C=O) groups excluding carboxylic acids is 1. The van der Waals surface area contributed by atoms with Crippen molar-refractivity contribution in [1.82, 2.24) is 9.21 Å². The highest BCUT2D eigenvalue weighted by molar-refractivity contribution is 7.89. The van der Waals surface area contributed by atoms with Crippen LogP contribution in [0.25, 0.3) is 0 Å². The third-order valence-corrected chi connectivity index (χ3v) is 8.25. The number of amides is 1. The number of hydrogen-bond donors (Lipinski definition) is 0. The molecule has 0 bridgehead atoms. The lowest BCUT2D eigenvalue weighted by Gasteiger charge is -2.36. The van der Waals surface area contributed by atoms with Crippen LogP contribution in [0.3, 0.4) is 0 Å². The molecule has 0 saturated carbocycles. The first kappa shape index (κ1) is 20.9. The number of hydrogen-bond acceptors (Lipinski definition) is 4. The molecule has 0 N–H and O–H groups in total. The average molecular weight is 428 g/mol. The second kappa shape index (κ2) is 8.04. The van der Waals surface area contributed by atoms with Crippen LogP contribution in [-0.4, -0.2) is 62.3 Å². The summed E-state index contributed by atoms with van der Waals surface area (Å²) in [5.74, 6) is 0.0575. The zero-order valence-electron chi connectivity index (χ0n) is 17.8. The molecule has 1 fully saturated rings. The Morgan fingerprint density at radius 2 is 1.73 bits per heavy atom. The van der Waals surface area contributed by atoms with Gasteiger partial charge in [-0.25, -0.2) is 8.42 Å². The van der Waals surface area contributed by atoms with Crippen LogP contribution in [0.5, 0.6) is 0 Å². The number of anilines is 1. The van der Waals surface area contributed by atoms with E-state index in [4.69, 9.17) is 0 Å². The second-order valence-corrected chi connectivity index (χ2v) is 10.3. The third kappa shape index (κ3) is 3.84. The summed E-state index contributed by atoms with van der Waals surface area (Å²) < 4.78 is 27.6. The SMILES string of the molecule is Cc1ccc(S(=O)(=O)N2CCN(C(=O)CN3c4ccccc4C[C@@H]3C)CC2)c(C)c1. The minimum atomic E-state index is -3.54. The molecule has 0 unspecified atom stereocenters. The Kier molecular flexibility index (Phi) is 5.59. The summed E-state index contributed by atoms with van der Waals surface area (Å²) in [6.45, 7) is 7.76. The van der Waals surface area contributed by atoms with Gasteiger partial charge in [0.1, 0.15) is 0 Å². The second-order valence-electron chi connectivity index (χ2n) is 8.36. The van der Waals surface area contributed by atoms with Crippen molar-refractivity contribution in [2.75, 3.05) is 37.6 Å². The van der Waals surface area contributed by atoms with Crippen molar-refractivity contribution in [3.8, 4) is 0 Å². The summed E-state index contributed by atoms with van der Waals surface area (Å²) in [4.78, 5) is 17.3. The summed E-state index contributed by atoms with van der Waals surface area (Å²) >= 11 is 0. The minimum absolute atomic E-state index is 0.0575. The van der Waals surface area contributed by atoms with Gasteiger partial charge in [-0.05, 0) is 50.5 Å². The zero-order valence-corrected chi connectivity index (χ0v) is 18.7. The zero-order chi connectivity index (χ0) is 21.5. The molecular formula is C23H29N3O3S. The number of benzene rings is 2. The quantitative estimate of drug-likeness (QED) is 0.753. The maximum Gasteiger partial charge on any atom is 0.243 e. The van der Waals surface area contributed by atoms with E-state index >= 15 is 0 Å². The van der Waals surface area contributed by atoms with E-state index in [0.29, 0.717) is 37.6 Å². The number of fused-ring (bicyclic) bond motifs is 1. The monoisotopic (exact) mass is 427 g/mol. The molecule has 6 nitrogen and oxygen atoms in total. The Morgan fingerprint density at radius 1 is 1.03 bits per heavy atom. The van der Waals surface area contributed by atoms with Crippen LogP contribution in [0.15, 0.2) is 47.4 Å². The fourth-order valence-electron chi connectivity index (χ4n) is 4.52. The molecule has 1 atom stereocenters. The first-order valence-electron chi connectivity index (χ1n) is 10.5. The Bertz CT molecular complexity index is 1060. The third-order valence-electron chi connectivity index (χ3n) is 6.19. The number of piperazine rings is 1. The summed E-state index contributed by atoms with van der Waals surface area (Å²) in [5.41, 5.74) is 4.21. The Morgan fingerprint density at radius 3 is 2.43 bits per heavy atom. The van der Waals surface area contributed by atoms with Gasteiger partial charge in [0.25, 0.3) is 0 Å². The van der Waals surface area contributed by atoms with E-state index in [2.05, 4.69) is 24.0 Å². The molecule has 30 heavy (non-hydrogen) atoms. The highest BCUT2D eigenvalue weighted by Gasteiger charge is 2.33. The van der Waals surface area contributed by atoms with E-state index in [0.717, 1.165) is 23.2 Å². The summed E-state index contributed by atoms with van der Waals surface area (Å²) in [7, 11) is -3.54. The molecule has 2 heterocycles. The van der Waals surface area contributed by atoms with E-state index in [1.54, 1.807) is 11.0 Å². The molecule has 0 aromatic heterocycles. The smallest absolute Gasteiger partial charge is 0.243 e. The normalized spacial score (nSPS) is 19.8. The summed E-state index contributed by atoms with van der Waals surface area (Å²) in [6.07, 6.45) is 0.950. The van der Waals surface area contributed by atoms with E-state index in [1.165, 1.54) is 9.87 Å². The molecule has 2 aliphatic rings. The summed E-state index contributed by atoms with van der Waals surface area (Å²) in [5, 5.41) is 0. The van der Waals surface area contributed by atoms with E-state index in [1.807, 2.05) is 38.1 Å². The van der Waals surface area contributed by atoms with E-state index in [-0.39, 0.29) is 11.9 Å². The van der Waals surface area contributed by atoms with Crippen molar-refractivity contribution in [2.45, 2.75) is 38.1 Å². The molecule has 0 radical (unpaired) electrons. The van der Waals surface area contributed by atoms with Crippen LogP contribution >= 0.6 is 0 Å². The van der Waals surface area contributed by atoms with Gasteiger partial charge in [0, 0.05) is 37.9 Å².